The quantitative estimate of drug-likeness (QED) is 0.381. The zero-order valence-corrected chi connectivity index (χ0v) is 8.87. The Kier molecular flexibility index (Phi) is 6.55. The molecule has 0 aromatic rings. The Balaban J connectivity index is 3.70. The summed E-state index contributed by atoms with van der Waals surface area (Å²) in [5.74, 6) is 0. The van der Waals surface area contributed by atoms with Crippen LogP contribution in [0.2, 0.25) is 0 Å². The van der Waals surface area contributed by atoms with Gasteiger partial charge in [0, 0.05) is 6.61 Å². The van der Waals surface area contributed by atoms with E-state index in [-0.39, 0.29) is 0 Å². The normalized spacial score (nSPS) is 14.5. The van der Waals surface area contributed by atoms with Crippen LogP contribution in [0.5, 0.6) is 0 Å². The van der Waals surface area contributed by atoms with Gasteiger partial charge in [0.25, 0.3) is 0 Å². The number of unbranched alkanes of at least 4 members (excludes halogenated alkanes) is 1. The van der Waals surface area contributed by atoms with Crippen molar-refractivity contribution in [2.45, 2.75) is 39.4 Å². The first-order valence-corrected chi connectivity index (χ1v) is 5.88. The number of phosphoric ester groups is 1. The topological polar surface area (TPSA) is 76.0 Å². The lowest BCUT2D eigenvalue weighted by molar-refractivity contribution is -0.0942. The van der Waals surface area contributed by atoms with Crippen molar-refractivity contribution in [1.82, 2.24) is 0 Å². The van der Waals surface area contributed by atoms with Gasteiger partial charge >= 0.3 is 7.82 Å². The lowest BCUT2D eigenvalue weighted by Crippen LogP contribution is -2.15. The molecule has 0 amide bonds. The van der Waals surface area contributed by atoms with Crippen LogP contribution >= 0.6 is 7.82 Å². The van der Waals surface area contributed by atoms with Crippen molar-refractivity contribution in [2.75, 3.05) is 6.61 Å². The molecular weight excluding hydrogens is 195 g/mol. The SMILES string of the molecule is CCCCOC(CC)OP(=O)(O)O. The molecule has 0 aromatic heterocycles. The molecular formula is C7H17O5P. The highest BCUT2D eigenvalue weighted by molar-refractivity contribution is 7.46. The second-order valence-electron chi connectivity index (χ2n) is 2.66. The first-order valence-electron chi connectivity index (χ1n) is 4.35. The molecule has 0 spiro atoms. The molecule has 2 N–H and O–H groups in total. The molecule has 0 aromatic carbocycles. The summed E-state index contributed by atoms with van der Waals surface area (Å²) in [5, 5.41) is 0. The highest BCUT2D eigenvalue weighted by Crippen LogP contribution is 2.38. The molecule has 0 radical (unpaired) electrons. The van der Waals surface area contributed by atoms with Gasteiger partial charge in [0.05, 0.1) is 0 Å². The van der Waals surface area contributed by atoms with Crippen LogP contribution in [0.15, 0.2) is 0 Å². The molecule has 1 unspecified atom stereocenters. The highest BCUT2D eigenvalue weighted by atomic mass is 31.2. The molecule has 0 aliphatic heterocycles. The third kappa shape index (κ3) is 8.40. The van der Waals surface area contributed by atoms with E-state index in [1.54, 1.807) is 6.92 Å². The zero-order chi connectivity index (χ0) is 10.3. The summed E-state index contributed by atoms with van der Waals surface area (Å²) in [4.78, 5) is 17.0. The van der Waals surface area contributed by atoms with Gasteiger partial charge in [0.1, 0.15) is 0 Å². The molecule has 6 heteroatoms. The summed E-state index contributed by atoms with van der Waals surface area (Å²) in [6.45, 7) is 4.22. The summed E-state index contributed by atoms with van der Waals surface area (Å²) in [5.41, 5.74) is 0. The minimum absolute atomic E-state index is 0.425. The van der Waals surface area contributed by atoms with Gasteiger partial charge in [-0.2, -0.15) is 0 Å². The molecule has 0 heterocycles. The Hall–Kier alpha value is 0.0700. The number of hydrogen-bond donors (Lipinski definition) is 2. The fraction of sp³-hybridized carbons (Fsp3) is 1.00. The van der Waals surface area contributed by atoms with Crippen molar-refractivity contribution in [3.63, 3.8) is 0 Å². The highest BCUT2D eigenvalue weighted by Gasteiger charge is 2.20. The molecule has 0 bridgehead atoms. The maximum Gasteiger partial charge on any atom is 0.471 e. The summed E-state index contributed by atoms with van der Waals surface area (Å²) in [6.07, 6.45) is 1.47. The van der Waals surface area contributed by atoms with Crippen LogP contribution in [0.25, 0.3) is 0 Å². The standard InChI is InChI=1S/C7H17O5P/c1-3-5-6-11-7(4-2)12-13(8,9)10/h7H,3-6H2,1-2H3,(H2,8,9,10). The summed E-state index contributed by atoms with van der Waals surface area (Å²) in [6, 6.07) is 0. The second kappa shape index (κ2) is 6.51. The molecule has 0 aliphatic carbocycles. The van der Waals surface area contributed by atoms with E-state index in [9.17, 15) is 4.57 Å². The van der Waals surface area contributed by atoms with Gasteiger partial charge in [-0.25, -0.2) is 4.57 Å². The van der Waals surface area contributed by atoms with E-state index in [0.717, 1.165) is 12.8 Å². The predicted molar refractivity (Wildman–Crippen MR) is 48.1 cm³/mol. The Morgan fingerprint density at radius 3 is 2.38 bits per heavy atom. The van der Waals surface area contributed by atoms with Crippen molar-refractivity contribution >= 4 is 7.82 Å². The van der Waals surface area contributed by atoms with E-state index in [2.05, 4.69) is 4.52 Å². The minimum atomic E-state index is -4.41. The fourth-order valence-electron chi connectivity index (χ4n) is 0.735. The zero-order valence-electron chi connectivity index (χ0n) is 7.97. The summed E-state index contributed by atoms with van der Waals surface area (Å²) >= 11 is 0. The van der Waals surface area contributed by atoms with E-state index in [1.807, 2.05) is 6.92 Å². The van der Waals surface area contributed by atoms with E-state index in [0.29, 0.717) is 13.0 Å². The maximum absolute atomic E-state index is 10.4. The maximum atomic E-state index is 10.4. The molecule has 0 aliphatic rings. The van der Waals surface area contributed by atoms with Crippen LogP contribution < -0.4 is 0 Å². The van der Waals surface area contributed by atoms with Crippen molar-refractivity contribution in [3.8, 4) is 0 Å². The second-order valence-corrected chi connectivity index (χ2v) is 3.85. The molecule has 0 saturated carbocycles. The van der Waals surface area contributed by atoms with E-state index >= 15 is 0 Å². The van der Waals surface area contributed by atoms with Crippen molar-refractivity contribution < 1.29 is 23.6 Å². The van der Waals surface area contributed by atoms with Gasteiger partial charge in [0.15, 0.2) is 6.29 Å². The lowest BCUT2D eigenvalue weighted by atomic mass is 10.4. The van der Waals surface area contributed by atoms with E-state index in [4.69, 9.17) is 14.5 Å². The number of hydrogen-bond acceptors (Lipinski definition) is 3. The van der Waals surface area contributed by atoms with Crippen LogP contribution in [0.3, 0.4) is 0 Å². The Labute approximate surface area is 78.3 Å². The Bertz CT molecular complexity index is 166. The average Bonchev–Trinajstić information content (AvgIpc) is 2.01. The first kappa shape index (κ1) is 13.1. The molecule has 5 nitrogen and oxygen atoms in total. The van der Waals surface area contributed by atoms with Crippen LogP contribution in [-0.4, -0.2) is 22.7 Å². The smallest absolute Gasteiger partial charge is 0.352 e. The average molecular weight is 212 g/mol. The number of phosphoric acid groups is 1. The third-order valence-electron chi connectivity index (χ3n) is 1.39. The molecule has 0 rings (SSSR count). The Morgan fingerprint density at radius 2 is 2.00 bits per heavy atom. The lowest BCUT2D eigenvalue weighted by Gasteiger charge is -2.16. The fourth-order valence-corrected chi connectivity index (χ4v) is 1.25. The van der Waals surface area contributed by atoms with Crippen LogP contribution in [0.1, 0.15) is 33.1 Å². The molecule has 13 heavy (non-hydrogen) atoms. The van der Waals surface area contributed by atoms with Gasteiger partial charge < -0.3 is 14.5 Å². The van der Waals surface area contributed by atoms with E-state index in [1.165, 1.54) is 0 Å². The van der Waals surface area contributed by atoms with Gasteiger partial charge in [-0.05, 0) is 12.8 Å². The van der Waals surface area contributed by atoms with Crippen molar-refractivity contribution in [2.24, 2.45) is 0 Å². The van der Waals surface area contributed by atoms with E-state index < -0.39 is 14.1 Å². The molecule has 0 fully saturated rings. The molecule has 80 valence electrons. The number of ether oxygens (including phenoxy) is 1. The van der Waals surface area contributed by atoms with Gasteiger partial charge in [-0.15, -0.1) is 0 Å². The van der Waals surface area contributed by atoms with Gasteiger partial charge in [0.2, 0.25) is 0 Å². The van der Waals surface area contributed by atoms with Crippen LogP contribution in [0.4, 0.5) is 0 Å². The van der Waals surface area contributed by atoms with Crippen molar-refractivity contribution in [3.05, 3.63) is 0 Å². The molecule has 0 saturated heterocycles. The van der Waals surface area contributed by atoms with Gasteiger partial charge in [-0.1, -0.05) is 20.3 Å². The summed E-state index contributed by atoms with van der Waals surface area (Å²) < 4.78 is 19.9. The number of rotatable bonds is 7. The largest absolute Gasteiger partial charge is 0.471 e. The van der Waals surface area contributed by atoms with Gasteiger partial charge in [-0.3, -0.25) is 4.52 Å². The third-order valence-corrected chi connectivity index (χ3v) is 1.90. The van der Waals surface area contributed by atoms with Crippen molar-refractivity contribution in [1.29, 1.82) is 0 Å². The molecule has 1 atom stereocenters. The monoisotopic (exact) mass is 212 g/mol. The van der Waals surface area contributed by atoms with Crippen LogP contribution in [0, 0.1) is 0 Å². The first-order chi connectivity index (χ1) is 5.99. The predicted octanol–water partition coefficient (Wildman–Crippen LogP) is 1.65. The van der Waals surface area contributed by atoms with Crippen LogP contribution in [-0.2, 0) is 13.8 Å². The summed E-state index contributed by atoms with van der Waals surface area (Å²) in [7, 11) is -4.41. The minimum Gasteiger partial charge on any atom is -0.352 e. The Morgan fingerprint density at radius 1 is 1.38 bits per heavy atom.